The van der Waals surface area contributed by atoms with Crippen LogP contribution in [0, 0.1) is 0 Å². The highest BCUT2D eigenvalue weighted by Gasteiger charge is 2.48. The van der Waals surface area contributed by atoms with Crippen molar-refractivity contribution < 1.29 is 27.2 Å². The van der Waals surface area contributed by atoms with Gasteiger partial charge < -0.3 is 19.1 Å². The zero-order valence-electron chi connectivity index (χ0n) is 13.6. The van der Waals surface area contributed by atoms with Crippen LogP contribution in [0.15, 0.2) is 36.9 Å². The molecule has 2 aromatic rings. The standard InChI is InChI=1S/C15H16Cl2N2O6S/c1-26(21,22)25-14(20)13-7-23-15(24-13,8-19-5-4-18-9-19)11-3-2-10(16)6-12(11)17/h2-6,9,13-14,20H,7-8H2,1H3. The minimum Gasteiger partial charge on any atom is -0.365 e. The molecule has 0 bridgehead atoms. The van der Waals surface area contributed by atoms with E-state index in [-0.39, 0.29) is 13.2 Å². The van der Waals surface area contributed by atoms with Crippen molar-refractivity contribution in [3.8, 4) is 0 Å². The van der Waals surface area contributed by atoms with E-state index < -0.39 is 28.3 Å². The number of hydrogen-bond acceptors (Lipinski definition) is 7. The van der Waals surface area contributed by atoms with E-state index in [0.717, 1.165) is 6.26 Å². The molecule has 11 heteroatoms. The summed E-state index contributed by atoms with van der Waals surface area (Å²) in [4.78, 5) is 3.97. The van der Waals surface area contributed by atoms with Crippen LogP contribution in [0.2, 0.25) is 10.0 Å². The Morgan fingerprint density at radius 1 is 1.50 bits per heavy atom. The smallest absolute Gasteiger partial charge is 0.266 e. The SMILES string of the molecule is CS(=O)(=O)OC(O)C1COC(Cn2ccnc2)(c2ccc(Cl)cc2Cl)O1. The Kier molecular flexibility index (Phi) is 5.59. The van der Waals surface area contributed by atoms with Crippen LogP contribution in [0.4, 0.5) is 0 Å². The predicted molar refractivity (Wildman–Crippen MR) is 93.1 cm³/mol. The number of ether oxygens (including phenoxy) is 2. The van der Waals surface area contributed by atoms with Crippen molar-refractivity contribution in [2.24, 2.45) is 0 Å². The molecule has 8 nitrogen and oxygen atoms in total. The number of benzene rings is 1. The summed E-state index contributed by atoms with van der Waals surface area (Å²) >= 11 is 12.3. The molecule has 3 unspecified atom stereocenters. The molecule has 0 spiro atoms. The third-order valence-corrected chi connectivity index (χ3v) is 4.80. The topological polar surface area (TPSA) is 99.9 Å². The summed E-state index contributed by atoms with van der Waals surface area (Å²) in [6.45, 7) is 0.0563. The van der Waals surface area contributed by atoms with Gasteiger partial charge in [-0.1, -0.05) is 29.3 Å². The predicted octanol–water partition coefficient (Wildman–Crippen LogP) is 1.75. The van der Waals surface area contributed by atoms with Crippen LogP contribution in [0.1, 0.15) is 5.56 Å². The van der Waals surface area contributed by atoms with Crippen LogP contribution in [0.5, 0.6) is 0 Å². The monoisotopic (exact) mass is 422 g/mol. The van der Waals surface area contributed by atoms with Gasteiger partial charge in [-0.15, -0.1) is 0 Å². The van der Waals surface area contributed by atoms with Crippen LogP contribution in [0.25, 0.3) is 0 Å². The van der Waals surface area contributed by atoms with Crippen molar-refractivity contribution in [3.05, 3.63) is 52.5 Å². The molecule has 2 heterocycles. The molecule has 3 atom stereocenters. The number of imidazole rings is 1. The molecular formula is C15H16Cl2N2O6S. The van der Waals surface area contributed by atoms with Gasteiger partial charge in [-0.3, -0.25) is 0 Å². The molecule has 1 fully saturated rings. The molecule has 0 saturated carbocycles. The molecule has 0 radical (unpaired) electrons. The van der Waals surface area contributed by atoms with Gasteiger partial charge in [-0.2, -0.15) is 8.42 Å². The Morgan fingerprint density at radius 3 is 2.88 bits per heavy atom. The van der Waals surface area contributed by atoms with E-state index in [2.05, 4.69) is 9.17 Å². The third kappa shape index (κ3) is 4.37. The van der Waals surface area contributed by atoms with Crippen molar-refractivity contribution in [2.45, 2.75) is 24.7 Å². The largest absolute Gasteiger partial charge is 0.365 e. The second kappa shape index (κ2) is 7.43. The summed E-state index contributed by atoms with van der Waals surface area (Å²) in [6.07, 6.45) is 2.93. The molecule has 1 aliphatic rings. The molecule has 1 aromatic heterocycles. The maximum Gasteiger partial charge on any atom is 0.266 e. The maximum absolute atomic E-state index is 11.3. The van der Waals surface area contributed by atoms with Crippen LogP contribution >= 0.6 is 23.2 Å². The zero-order chi connectivity index (χ0) is 18.9. The number of halogens is 2. The molecule has 3 rings (SSSR count). The minimum atomic E-state index is -3.87. The maximum atomic E-state index is 11.3. The first kappa shape index (κ1) is 19.6. The van der Waals surface area contributed by atoms with E-state index in [1.807, 2.05) is 0 Å². The normalized spacial score (nSPS) is 24.7. The first-order valence-corrected chi connectivity index (χ1v) is 10.1. The lowest BCUT2D eigenvalue weighted by Gasteiger charge is -2.30. The fourth-order valence-electron chi connectivity index (χ4n) is 2.64. The highest BCUT2D eigenvalue weighted by atomic mass is 35.5. The van der Waals surface area contributed by atoms with Gasteiger partial charge in [0.15, 0.2) is 0 Å². The van der Waals surface area contributed by atoms with E-state index in [1.54, 1.807) is 35.4 Å². The summed E-state index contributed by atoms with van der Waals surface area (Å²) < 4.78 is 40.5. The molecule has 0 aliphatic carbocycles. The summed E-state index contributed by atoms with van der Waals surface area (Å²) in [5.74, 6) is -1.38. The number of hydrogen-bond donors (Lipinski definition) is 1. The lowest BCUT2D eigenvalue weighted by atomic mass is 10.1. The van der Waals surface area contributed by atoms with Crippen molar-refractivity contribution >= 4 is 33.3 Å². The van der Waals surface area contributed by atoms with Gasteiger partial charge in [0.1, 0.15) is 6.10 Å². The van der Waals surface area contributed by atoms with Crippen molar-refractivity contribution in [1.82, 2.24) is 9.55 Å². The van der Waals surface area contributed by atoms with Crippen molar-refractivity contribution in [1.29, 1.82) is 0 Å². The molecule has 1 N–H and O–H groups in total. The van der Waals surface area contributed by atoms with Gasteiger partial charge in [-0.25, -0.2) is 9.17 Å². The van der Waals surface area contributed by atoms with Gasteiger partial charge in [0, 0.05) is 23.0 Å². The van der Waals surface area contributed by atoms with E-state index in [4.69, 9.17) is 32.7 Å². The molecule has 1 aromatic carbocycles. The van der Waals surface area contributed by atoms with Crippen molar-refractivity contribution in [2.75, 3.05) is 12.9 Å². The minimum absolute atomic E-state index is 0.107. The first-order chi connectivity index (χ1) is 12.2. The van der Waals surface area contributed by atoms with Gasteiger partial charge in [0.05, 0.1) is 30.8 Å². The number of aliphatic hydroxyl groups is 1. The van der Waals surface area contributed by atoms with Gasteiger partial charge in [0.2, 0.25) is 12.1 Å². The zero-order valence-corrected chi connectivity index (χ0v) is 15.9. The average Bonchev–Trinajstić information content (AvgIpc) is 3.16. The van der Waals surface area contributed by atoms with Crippen LogP contribution in [0.3, 0.4) is 0 Å². The number of aliphatic hydroxyl groups excluding tert-OH is 1. The lowest BCUT2D eigenvalue weighted by Crippen LogP contribution is -2.37. The highest BCUT2D eigenvalue weighted by molar-refractivity contribution is 7.86. The first-order valence-electron chi connectivity index (χ1n) is 7.48. The second-order valence-corrected chi connectivity index (χ2v) is 8.21. The molecule has 0 amide bonds. The molecule has 1 saturated heterocycles. The Morgan fingerprint density at radius 2 is 2.27 bits per heavy atom. The Labute approximate surface area is 160 Å². The van der Waals surface area contributed by atoms with Gasteiger partial charge in [0.25, 0.3) is 10.1 Å². The molecule has 1 aliphatic heterocycles. The summed E-state index contributed by atoms with van der Waals surface area (Å²) in [5.41, 5.74) is 0.478. The van der Waals surface area contributed by atoms with Crippen LogP contribution < -0.4 is 0 Å². The fourth-order valence-corrected chi connectivity index (χ4v) is 3.67. The molecule has 26 heavy (non-hydrogen) atoms. The number of aromatic nitrogens is 2. The van der Waals surface area contributed by atoms with Gasteiger partial charge >= 0.3 is 0 Å². The van der Waals surface area contributed by atoms with E-state index in [9.17, 15) is 13.5 Å². The average molecular weight is 423 g/mol. The van der Waals surface area contributed by atoms with E-state index in [0.29, 0.717) is 15.6 Å². The number of nitrogens with zero attached hydrogens (tertiary/aromatic N) is 2. The fraction of sp³-hybridized carbons (Fsp3) is 0.400. The Balaban J connectivity index is 1.92. The van der Waals surface area contributed by atoms with E-state index >= 15 is 0 Å². The van der Waals surface area contributed by atoms with Gasteiger partial charge in [-0.05, 0) is 12.1 Å². The Bertz CT molecular complexity index is 876. The number of rotatable bonds is 6. The summed E-state index contributed by atoms with van der Waals surface area (Å²) in [6, 6.07) is 4.81. The quantitative estimate of drug-likeness (QED) is 0.558. The molecular weight excluding hydrogens is 407 g/mol. The third-order valence-electron chi connectivity index (χ3n) is 3.71. The highest BCUT2D eigenvalue weighted by Crippen LogP contribution is 2.41. The Hall–Kier alpha value is -1.20. The lowest BCUT2D eigenvalue weighted by molar-refractivity contribution is -0.210. The van der Waals surface area contributed by atoms with Crippen molar-refractivity contribution in [3.63, 3.8) is 0 Å². The van der Waals surface area contributed by atoms with Crippen LogP contribution in [-0.4, -0.2) is 48.3 Å². The summed E-state index contributed by atoms with van der Waals surface area (Å²) in [7, 11) is -3.87. The van der Waals surface area contributed by atoms with Crippen LogP contribution in [-0.2, 0) is 36.1 Å². The summed E-state index contributed by atoms with van der Waals surface area (Å²) in [5, 5.41) is 10.8. The second-order valence-electron chi connectivity index (χ2n) is 5.77. The molecule has 142 valence electrons. The van der Waals surface area contributed by atoms with E-state index in [1.165, 1.54) is 6.07 Å².